The SMILES string of the molecule is O=C(NN=C1C2CC3CC(C2)CC1C3)c1cc(-c2ccco2)nc2ccccc12. The lowest BCUT2D eigenvalue weighted by Gasteiger charge is -2.50. The van der Waals surface area contributed by atoms with Crippen LogP contribution in [0, 0.1) is 23.7 Å². The van der Waals surface area contributed by atoms with Gasteiger partial charge in [0.1, 0.15) is 5.69 Å². The fourth-order valence-corrected chi connectivity index (χ4v) is 5.94. The molecule has 4 bridgehead atoms. The Balaban J connectivity index is 1.34. The summed E-state index contributed by atoms with van der Waals surface area (Å²) in [5.41, 5.74) is 6.12. The number of aromatic nitrogens is 1. The van der Waals surface area contributed by atoms with Crippen LogP contribution in [0.25, 0.3) is 22.4 Å². The Morgan fingerprint density at radius 1 is 1.00 bits per heavy atom. The molecule has 0 aliphatic heterocycles. The third-order valence-corrected chi connectivity index (χ3v) is 7.00. The number of para-hydroxylation sites is 1. The van der Waals surface area contributed by atoms with Gasteiger partial charge >= 0.3 is 0 Å². The highest BCUT2D eigenvalue weighted by atomic mass is 16.3. The summed E-state index contributed by atoms with van der Waals surface area (Å²) in [4.78, 5) is 17.8. The average Bonchev–Trinajstić information content (AvgIpc) is 3.27. The lowest BCUT2D eigenvalue weighted by molar-refractivity contribution is 0.0944. The third kappa shape index (κ3) is 2.87. The number of nitrogens with one attached hydrogen (secondary N) is 1. The first-order valence-corrected chi connectivity index (χ1v) is 10.6. The van der Waals surface area contributed by atoms with Crippen molar-refractivity contribution in [3.63, 3.8) is 0 Å². The first-order chi connectivity index (χ1) is 14.2. The number of rotatable bonds is 3. The maximum atomic E-state index is 13.1. The van der Waals surface area contributed by atoms with E-state index >= 15 is 0 Å². The van der Waals surface area contributed by atoms with Gasteiger partial charge in [-0.05, 0) is 80.0 Å². The number of carbonyl (C=O) groups is 1. The molecule has 29 heavy (non-hydrogen) atoms. The number of nitrogens with zero attached hydrogens (tertiary/aromatic N) is 2. The second-order valence-corrected chi connectivity index (χ2v) is 8.83. The number of pyridine rings is 1. The van der Waals surface area contributed by atoms with E-state index in [0.29, 0.717) is 28.9 Å². The predicted octanol–water partition coefficient (Wildman–Crippen LogP) is 5.04. The van der Waals surface area contributed by atoms with E-state index in [1.807, 2.05) is 36.4 Å². The van der Waals surface area contributed by atoms with Crippen LogP contribution < -0.4 is 5.43 Å². The minimum Gasteiger partial charge on any atom is -0.463 e. The fraction of sp³-hybridized carbons (Fsp3) is 0.375. The van der Waals surface area contributed by atoms with Crippen molar-refractivity contribution in [2.24, 2.45) is 28.8 Å². The lowest BCUT2D eigenvalue weighted by atomic mass is 9.55. The van der Waals surface area contributed by atoms with Gasteiger partial charge in [-0.15, -0.1) is 0 Å². The molecule has 7 rings (SSSR count). The third-order valence-electron chi connectivity index (χ3n) is 7.00. The van der Waals surface area contributed by atoms with Gasteiger partial charge in [0.25, 0.3) is 5.91 Å². The Morgan fingerprint density at radius 3 is 2.48 bits per heavy atom. The molecule has 4 aliphatic rings. The second kappa shape index (κ2) is 6.55. The maximum Gasteiger partial charge on any atom is 0.272 e. The summed E-state index contributed by atoms with van der Waals surface area (Å²) >= 11 is 0. The zero-order valence-electron chi connectivity index (χ0n) is 16.2. The van der Waals surface area contributed by atoms with E-state index in [1.165, 1.54) is 37.8 Å². The molecule has 0 atom stereocenters. The number of hydrogen-bond donors (Lipinski definition) is 1. The average molecular weight is 385 g/mol. The molecule has 146 valence electrons. The van der Waals surface area contributed by atoms with E-state index in [1.54, 1.807) is 12.3 Å². The van der Waals surface area contributed by atoms with Gasteiger partial charge in [0.15, 0.2) is 5.76 Å². The van der Waals surface area contributed by atoms with Crippen LogP contribution in [0.4, 0.5) is 0 Å². The first kappa shape index (κ1) is 17.0. The minimum atomic E-state index is -0.183. The van der Waals surface area contributed by atoms with E-state index < -0.39 is 0 Å². The highest BCUT2D eigenvalue weighted by Gasteiger charge is 2.46. The summed E-state index contributed by atoms with van der Waals surface area (Å²) in [5, 5.41) is 5.50. The summed E-state index contributed by atoms with van der Waals surface area (Å²) in [7, 11) is 0. The summed E-state index contributed by atoms with van der Waals surface area (Å²) in [6.45, 7) is 0. The Morgan fingerprint density at radius 2 is 1.76 bits per heavy atom. The molecule has 4 aliphatic carbocycles. The van der Waals surface area contributed by atoms with Gasteiger partial charge in [-0.25, -0.2) is 10.4 Å². The Kier molecular flexibility index (Phi) is 3.83. The highest BCUT2D eigenvalue weighted by Crippen LogP contribution is 2.52. The number of amides is 1. The summed E-state index contributed by atoms with van der Waals surface area (Å²) < 4.78 is 5.50. The van der Waals surface area contributed by atoms with E-state index in [4.69, 9.17) is 4.42 Å². The smallest absolute Gasteiger partial charge is 0.272 e. The molecule has 4 fully saturated rings. The van der Waals surface area contributed by atoms with Crippen molar-refractivity contribution in [1.82, 2.24) is 10.4 Å². The molecule has 5 heteroatoms. The van der Waals surface area contributed by atoms with E-state index in [-0.39, 0.29) is 5.91 Å². The molecular formula is C24H23N3O2. The van der Waals surface area contributed by atoms with Gasteiger partial charge in [0, 0.05) is 11.1 Å². The number of hydrogen-bond acceptors (Lipinski definition) is 4. The molecule has 1 N–H and O–H groups in total. The van der Waals surface area contributed by atoms with Crippen molar-refractivity contribution in [3.8, 4) is 11.5 Å². The zero-order chi connectivity index (χ0) is 19.4. The molecule has 1 aromatic carbocycles. The Labute approximate surface area is 169 Å². The Bertz CT molecular complexity index is 1090. The van der Waals surface area contributed by atoms with Crippen LogP contribution in [0.5, 0.6) is 0 Å². The van der Waals surface area contributed by atoms with E-state index in [2.05, 4.69) is 15.5 Å². The van der Waals surface area contributed by atoms with Gasteiger partial charge in [-0.3, -0.25) is 4.79 Å². The van der Waals surface area contributed by atoms with Crippen molar-refractivity contribution in [1.29, 1.82) is 0 Å². The van der Waals surface area contributed by atoms with E-state index in [0.717, 1.165) is 22.7 Å². The molecular weight excluding hydrogens is 362 g/mol. The normalized spacial score (nSPS) is 27.4. The molecule has 0 spiro atoms. The molecule has 1 amide bonds. The number of fused-ring (bicyclic) bond motifs is 1. The van der Waals surface area contributed by atoms with E-state index in [9.17, 15) is 4.79 Å². The van der Waals surface area contributed by atoms with Crippen molar-refractivity contribution in [2.75, 3.05) is 0 Å². The van der Waals surface area contributed by atoms with Crippen LogP contribution in [-0.2, 0) is 0 Å². The van der Waals surface area contributed by atoms with Crippen molar-refractivity contribution in [3.05, 3.63) is 54.3 Å². The lowest BCUT2D eigenvalue weighted by Crippen LogP contribution is -2.46. The van der Waals surface area contributed by atoms with Crippen LogP contribution in [0.1, 0.15) is 42.5 Å². The van der Waals surface area contributed by atoms with Crippen molar-refractivity contribution < 1.29 is 9.21 Å². The van der Waals surface area contributed by atoms with Crippen LogP contribution >= 0.6 is 0 Å². The molecule has 3 aromatic rings. The zero-order valence-corrected chi connectivity index (χ0v) is 16.2. The fourth-order valence-electron chi connectivity index (χ4n) is 5.94. The number of furan rings is 1. The summed E-state index contributed by atoms with van der Waals surface area (Å²) in [6.07, 6.45) is 8.03. The quantitative estimate of drug-likeness (QED) is 0.643. The number of carbonyl (C=O) groups excluding carboxylic acids is 1. The second-order valence-electron chi connectivity index (χ2n) is 8.83. The van der Waals surface area contributed by atoms with Crippen molar-refractivity contribution >= 4 is 22.5 Å². The molecule has 2 aromatic heterocycles. The highest BCUT2D eigenvalue weighted by molar-refractivity contribution is 6.07. The topological polar surface area (TPSA) is 67.5 Å². The first-order valence-electron chi connectivity index (χ1n) is 10.6. The maximum absolute atomic E-state index is 13.1. The van der Waals surface area contributed by atoms with Gasteiger partial charge in [-0.2, -0.15) is 5.10 Å². The van der Waals surface area contributed by atoms with Crippen LogP contribution in [0.2, 0.25) is 0 Å². The Hall–Kier alpha value is -2.95. The van der Waals surface area contributed by atoms with Crippen molar-refractivity contribution in [2.45, 2.75) is 32.1 Å². The van der Waals surface area contributed by atoms with Crippen LogP contribution in [0.15, 0.2) is 58.2 Å². The minimum absolute atomic E-state index is 0.183. The predicted molar refractivity (Wildman–Crippen MR) is 111 cm³/mol. The van der Waals surface area contributed by atoms with Gasteiger partial charge in [-0.1, -0.05) is 18.2 Å². The largest absolute Gasteiger partial charge is 0.463 e. The number of hydrazone groups is 1. The van der Waals surface area contributed by atoms with Crippen LogP contribution in [-0.4, -0.2) is 16.6 Å². The number of benzene rings is 1. The molecule has 0 saturated heterocycles. The van der Waals surface area contributed by atoms with Gasteiger partial charge in [0.05, 0.1) is 17.3 Å². The summed E-state index contributed by atoms with van der Waals surface area (Å²) in [5.74, 6) is 3.37. The molecule has 2 heterocycles. The molecule has 0 unspecified atom stereocenters. The monoisotopic (exact) mass is 385 g/mol. The molecule has 5 nitrogen and oxygen atoms in total. The molecule has 4 saturated carbocycles. The van der Waals surface area contributed by atoms with Gasteiger partial charge < -0.3 is 4.42 Å². The van der Waals surface area contributed by atoms with Gasteiger partial charge in [0.2, 0.25) is 0 Å². The standard InChI is InChI=1S/C24H23N3O2/c28-24(27-26-23-16-9-14-8-15(11-16)12-17(23)10-14)19-13-21(22-6-3-7-29-22)25-20-5-2-1-4-18(19)20/h1-7,13-17H,8-12H2,(H,27,28). The molecule has 0 radical (unpaired) electrons. The van der Waals surface area contributed by atoms with Crippen LogP contribution in [0.3, 0.4) is 0 Å². The summed E-state index contributed by atoms with van der Waals surface area (Å²) in [6, 6.07) is 13.2.